The number of aromatic nitrogens is 2. The molecule has 5 nitrogen and oxygen atoms in total. The molecule has 208 valence electrons. The van der Waals surface area contributed by atoms with Crippen molar-refractivity contribution < 1.29 is 13.6 Å². The van der Waals surface area contributed by atoms with Crippen LogP contribution in [-0.2, 0) is 6.54 Å². The Labute approximate surface area is 230 Å². The van der Waals surface area contributed by atoms with Gasteiger partial charge in [0.25, 0.3) is 5.91 Å². The Hall–Kier alpha value is -2.80. The van der Waals surface area contributed by atoms with Crippen molar-refractivity contribution in [3.63, 3.8) is 0 Å². The molecule has 2 aromatic carbocycles. The third-order valence-electron chi connectivity index (χ3n) is 9.35. The van der Waals surface area contributed by atoms with E-state index in [-0.39, 0.29) is 11.6 Å². The van der Waals surface area contributed by atoms with E-state index in [1.54, 1.807) is 4.90 Å². The van der Waals surface area contributed by atoms with Gasteiger partial charge in [-0.25, -0.2) is 13.8 Å². The SMILES string of the molecule is O=C(c1cccc(F)c1F)N1CCCCC1c1nc2ccccc2n1CC1CCCCC1CN1CCCCC1. The molecule has 0 spiro atoms. The summed E-state index contributed by atoms with van der Waals surface area (Å²) in [5.74, 6) is -0.386. The number of carbonyl (C=O) groups is 1. The van der Waals surface area contributed by atoms with Crippen LogP contribution in [0, 0.1) is 23.5 Å². The number of para-hydroxylation sites is 2. The standard InChI is InChI=1S/C32H40F2N4O/c33-26-14-10-13-25(30(26)34)32(39)37-20-9-6-17-29(37)31-35-27-15-4-5-16-28(27)38(31)22-24-12-3-2-11-23(24)21-36-18-7-1-8-19-36/h4-5,10,13-16,23-24,29H,1-3,6-9,11-12,17-22H2. The number of hydrogen-bond donors (Lipinski definition) is 0. The first-order valence-electron chi connectivity index (χ1n) is 15.0. The van der Waals surface area contributed by atoms with Gasteiger partial charge < -0.3 is 14.4 Å². The summed E-state index contributed by atoms with van der Waals surface area (Å²) in [6.07, 6.45) is 11.6. The second-order valence-corrected chi connectivity index (χ2v) is 11.8. The Morgan fingerprint density at radius 2 is 1.51 bits per heavy atom. The second kappa shape index (κ2) is 11.7. The fraction of sp³-hybridized carbons (Fsp3) is 0.562. The Kier molecular flexibility index (Phi) is 7.96. The largest absolute Gasteiger partial charge is 0.328 e. The van der Waals surface area contributed by atoms with Crippen molar-refractivity contribution in [2.45, 2.75) is 76.8 Å². The van der Waals surface area contributed by atoms with Gasteiger partial charge in [-0.3, -0.25) is 4.79 Å². The van der Waals surface area contributed by atoms with E-state index < -0.39 is 17.5 Å². The molecule has 3 fully saturated rings. The van der Waals surface area contributed by atoms with E-state index in [4.69, 9.17) is 4.98 Å². The molecule has 6 rings (SSSR count). The van der Waals surface area contributed by atoms with Gasteiger partial charge in [0, 0.05) is 19.6 Å². The van der Waals surface area contributed by atoms with E-state index in [9.17, 15) is 13.6 Å². The van der Waals surface area contributed by atoms with Crippen molar-refractivity contribution in [2.24, 2.45) is 11.8 Å². The number of benzene rings is 2. The molecule has 3 aromatic rings. The summed E-state index contributed by atoms with van der Waals surface area (Å²) in [6.45, 7) is 5.03. The summed E-state index contributed by atoms with van der Waals surface area (Å²) < 4.78 is 31.1. The minimum absolute atomic E-state index is 0.196. The zero-order valence-corrected chi connectivity index (χ0v) is 22.8. The number of amides is 1. The van der Waals surface area contributed by atoms with Crippen LogP contribution in [-0.4, -0.2) is 51.4 Å². The number of imidazole rings is 1. The van der Waals surface area contributed by atoms with Gasteiger partial charge in [-0.2, -0.15) is 0 Å². The third kappa shape index (κ3) is 5.47. The number of hydrogen-bond acceptors (Lipinski definition) is 3. The van der Waals surface area contributed by atoms with Crippen molar-refractivity contribution in [1.82, 2.24) is 19.4 Å². The monoisotopic (exact) mass is 534 g/mol. The molecule has 1 amide bonds. The summed E-state index contributed by atoms with van der Waals surface area (Å²) in [6, 6.07) is 11.8. The van der Waals surface area contributed by atoms with E-state index in [1.165, 1.54) is 76.7 Å². The molecule has 1 aromatic heterocycles. The lowest BCUT2D eigenvalue weighted by atomic mass is 9.78. The van der Waals surface area contributed by atoms with Crippen LogP contribution in [0.25, 0.3) is 11.0 Å². The molecule has 0 N–H and O–H groups in total. The van der Waals surface area contributed by atoms with Crippen LogP contribution in [0.4, 0.5) is 8.78 Å². The molecular formula is C32H40F2N4O. The third-order valence-corrected chi connectivity index (χ3v) is 9.35. The molecule has 3 aliphatic rings. The molecule has 3 atom stereocenters. The number of piperidine rings is 2. The average molecular weight is 535 g/mol. The Morgan fingerprint density at radius 3 is 2.33 bits per heavy atom. The maximum absolute atomic E-state index is 14.7. The predicted octanol–water partition coefficient (Wildman–Crippen LogP) is 6.97. The van der Waals surface area contributed by atoms with Crippen LogP contribution in [0.1, 0.15) is 86.4 Å². The maximum Gasteiger partial charge on any atom is 0.257 e. The molecule has 3 unspecified atom stereocenters. The fourth-order valence-electron chi connectivity index (χ4n) is 7.28. The summed E-state index contributed by atoms with van der Waals surface area (Å²) in [5, 5.41) is 0. The van der Waals surface area contributed by atoms with Crippen molar-refractivity contribution in [3.05, 3.63) is 65.5 Å². The summed E-state index contributed by atoms with van der Waals surface area (Å²) >= 11 is 0. The summed E-state index contributed by atoms with van der Waals surface area (Å²) in [4.78, 5) is 23.1. The summed E-state index contributed by atoms with van der Waals surface area (Å²) in [5.41, 5.74) is 1.84. The fourth-order valence-corrected chi connectivity index (χ4v) is 7.28. The molecule has 39 heavy (non-hydrogen) atoms. The number of halogens is 2. The minimum Gasteiger partial charge on any atom is -0.328 e. The van der Waals surface area contributed by atoms with E-state index in [2.05, 4.69) is 21.6 Å². The lowest BCUT2D eigenvalue weighted by Crippen LogP contribution is -2.41. The van der Waals surface area contributed by atoms with Crippen molar-refractivity contribution in [2.75, 3.05) is 26.2 Å². The Balaban J connectivity index is 1.33. The normalized spacial score (nSPS) is 24.8. The highest BCUT2D eigenvalue weighted by Gasteiger charge is 2.35. The number of nitrogens with zero attached hydrogens (tertiary/aromatic N) is 4. The molecule has 2 aliphatic heterocycles. The molecule has 2 saturated heterocycles. The van der Waals surface area contributed by atoms with Crippen molar-refractivity contribution in [3.8, 4) is 0 Å². The van der Waals surface area contributed by atoms with E-state index in [1.807, 2.05) is 12.1 Å². The van der Waals surface area contributed by atoms with Crippen molar-refractivity contribution >= 4 is 16.9 Å². The van der Waals surface area contributed by atoms with Gasteiger partial charge in [0.2, 0.25) is 0 Å². The van der Waals surface area contributed by atoms with E-state index in [0.717, 1.165) is 48.7 Å². The Morgan fingerprint density at radius 1 is 0.795 bits per heavy atom. The number of likely N-dealkylation sites (tertiary alicyclic amines) is 2. The molecule has 7 heteroatoms. The minimum atomic E-state index is -1.07. The lowest BCUT2D eigenvalue weighted by molar-refractivity contribution is 0.0585. The van der Waals surface area contributed by atoms with E-state index in [0.29, 0.717) is 18.4 Å². The van der Waals surface area contributed by atoms with Crippen LogP contribution >= 0.6 is 0 Å². The smallest absolute Gasteiger partial charge is 0.257 e. The predicted molar refractivity (Wildman–Crippen MR) is 149 cm³/mol. The Bertz CT molecular complexity index is 1300. The van der Waals surface area contributed by atoms with Gasteiger partial charge in [0.1, 0.15) is 5.82 Å². The quantitative estimate of drug-likeness (QED) is 0.343. The highest BCUT2D eigenvalue weighted by Crippen LogP contribution is 2.38. The van der Waals surface area contributed by atoms with E-state index >= 15 is 0 Å². The van der Waals surface area contributed by atoms with Crippen LogP contribution < -0.4 is 0 Å². The zero-order chi connectivity index (χ0) is 26.8. The molecule has 1 saturated carbocycles. The molecule has 0 radical (unpaired) electrons. The number of carbonyl (C=O) groups excluding carboxylic acids is 1. The van der Waals surface area contributed by atoms with Crippen LogP contribution in [0.3, 0.4) is 0 Å². The molecule has 3 heterocycles. The van der Waals surface area contributed by atoms with Gasteiger partial charge in [0.15, 0.2) is 11.6 Å². The van der Waals surface area contributed by atoms with Gasteiger partial charge in [-0.05, 0) is 94.1 Å². The van der Waals surface area contributed by atoms with Gasteiger partial charge in [0.05, 0.1) is 22.6 Å². The number of rotatable bonds is 6. The number of fused-ring (bicyclic) bond motifs is 1. The van der Waals surface area contributed by atoms with Crippen LogP contribution in [0.2, 0.25) is 0 Å². The zero-order valence-electron chi connectivity index (χ0n) is 22.8. The molecular weight excluding hydrogens is 494 g/mol. The first-order valence-corrected chi connectivity index (χ1v) is 15.0. The van der Waals surface area contributed by atoms with Gasteiger partial charge in [-0.15, -0.1) is 0 Å². The molecule has 1 aliphatic carbocycles. The van der Waals surface area contributed by atoms with Crippen LogP contribution in [0.15, 0.2) is 42.5 Å². The van der Waals surface area contributed by atoms with Crippen molar-refractivity contribution in [1.29, 1.82) is 0 Å². The topological polar surface area (TPSA) is 41.4 Å². The van der Waals surface area contributed by atoms with Gasteiger partial charge in [-0.1, -0.05) is 37.5 Å². The first kappa shape index (κ1) is 26.4. The van der Waals surface area contributed by atoms with Crippen LogP contribution in [0.5, 0.6) is 0 Å². The highest BCUT2D eigenvalue weighted by molar-refractivity contribution is 5.95. The first-order chi connectivity index (χ1) is 19.1. The maximum atomic E-state index is 14.7. The lowest BCUT2D eigenvalue weighted by Gasteiger charge is -2.39. The summed E-state index contributed by atoms with van der Waals surface area (Å²) in [7, 11) is 0. The molecule has 0 bridgehead atoms. The second-order valence-electron chi connectivity index (χ2n) is 11.8. The average Bonchev–Trinajstić information content (AvgIpc) is 3.34. The van der Waals surface area contributed by atoms with Gasteiger partial charge >= 0.3 is 0 Å². The highest BCUT2D eigenvalue weighted by atomic mass is 19.2.